The summed E-state index contributed by atoms with van der Waals surface area (Å²) in [7, 11) is 1.76. The second kappa shape index (κ2) is 8.35. The lowest BCUT2D eigenvalue weighted by molar-refractivity contribution is -0.0857. The Morgan fingerprint density at radius 3 is 2.45 bits per heavy atom. The Morgan fingerprint density at radius 2 is 1.90 bits per heavy atom. The molecule has 1 aliphatic rings. The Bertz CT molecular complexity index is 266. The van der Waals surface area contributed by atoms with Crippen LogP contribution in [0.25, 0.3) is 0 Å². The molecule has 0 saturated heterocycles. The molecule has 0 spiro atoms. The van der Waals surface area contributed by atoms with Crippen LogP contribution in [0.4, 0.5) is 0 Å². The summed E-state index contributed by atoms with van der Waals surface area (Å²) >= 11 is 0. The first-order valence-electron chi connectivity index (χ1n) is 8.17. The van der Waals surface area contributed by atoms with Crippen LogP contribution in [0.1, 0.15) is 53.9 Å². The van der Waals surface area contributed by atoms with Gasteiger partial charge in [0.05, 0.1) is 18.8 Å². The van der Waals surface area contributed by atoms with Crippen molar-refractivity contribution in [3.8, 4) is 0 Å². The number of ether oxygens (including phenoxy) is 2. The van der Waals surface area contributed by atoms with Gasteiger partial charge >= 0.3 is 0 Å². The third kappa shape index (κ3) is 7.05. The molecule has 3 nitrogen and oxygen atoms in total. The molecule has 1 N–H and O–H groups in total. The van der Waals surface area contributed by atoms with E-state index in [0.29, 0.717) is 24.0 Å². The Hall–Kier alpha value is -0.120. The molecule has 0 aromatic heterocycles. The molecule has 0 bridgehead atoms. The van der Waals surface area contributed by atoms with E-state index in [4.69, 9.17) is 9.47 Å². The molecule has 0 aromatic carbocycles. The van der Waals surface area contributed by atoms with Gasteiger partial charge in [0.2, 0.25) is 0 Å². The second-order valence-corrected chi connectivity index (χ2v) is 7.80. The van der Waals surface area contributed by atoms with Gasteiger partial charge in [-0.2, -0.15) is 0 Å². The molecular formula is C17H35NO2. The third-order valence-electron chi connectivity index (χ3n) is 4.01. The third-order valence-corrected chi connectivity index (χ3v) is 4.01. The average Bonchev–Trinajstić information content (AvgIpc) is 2.25. The Morgan fingerprint density at radius 1 is 1.20 bits per heavy atom. The highest BCUT2D eigenvalue weighted by molar-refractivity contribution is 4.84. The summed E-state index contributed by atoms with van der Waals surface area (Å²) in [6.45, 7) is 14.1. The highest BCUT2D eigenvalue weighted by Crippen LogP contribution is 2.39. The van der Waals surface area contributed by atoms with E-state index in [-0.39, 0.29) is 6.10 Å². The van der Waals surface area contributed by atoms with Gasteiger partial charge in [-0.05, 0) is 43.1 Å². The van der Waals surface area contributed by atoms with Crippen LogP contribution in [-0.2, 0) is 9.47 Å². The van der Waals surface area contributed by atoms with Crippen LogP contribution in [0, 0.1) is 17.3 Å². The van der Waals surface area contributed by atoms with Gasteiger partial charge in [0.25, 0.3) is 0 Å². The Kier molecular flexibility index (Phi) is 7.49. The lowest BCUT2D eigenvalue weighted by Gasteiger charge is -2.40. The highest BCUT2D eigenvalue weighted by Gasteiger charge is 2.33. The standard InChI is InChI=1S/C17H35NO2/c1-13(2)10-18-11-16(12-19-6)20-15-7-14(3)8-17(4,5)9-15/h13-16,18H,7-12H2,1-6H3. The van der Waals surface area contributed by atoms with Gasteiger partial charge in [-0.3, -0.25) is 0 Å². The fourth-order valence-corrected chi connectivity index (χ4v) is 3.50. The topological polar surface area (TPSA) is 30.5 Å². The lowest BCUT2D eigenvalue weighted by Crippen LogP contribution is -2.40. The van der Waals surface area contributed by atoms with Gasteiger partial charge in [0.15, 0.2) is 0 Å². The van der Waals surface area contributed by atoms with Crippen molar-refractivity contribution >= 4 is 0 Å². The quantitative estimate of drug-likeness (QED) is 0.740. The number of hydrogen-bond acceptors (Lipinski definition) is 3. The molecule has 0 radical (unpaired) electrons. The summed E-state index contributed by atoms with van der Waals surface area (Å²) in [5.41, 5.74) is 0.408. The fourth-order valence-electron chi connectivity index (χ4n) is 3.50. The zero-order chi connectivity index (χ0) is 15.2. The van der Waals surface area contributed by atoms with Crippen molar-refractivity contribution in [3.63, 3.8) is 0 Å². The maximum Gasteiger partial charge on any atom is 0.0936 e. The summed E-state index contributed by atoms with van der Waals surface area (Å²) in [6.07, 6.45) is 4.22. The number of methoxy groups -OCH3 is 1. The predicted molar refractivity (Wildman–Crippen MR) is 85.0 cm³/mol. The lowest BCUT2D eigenvalue weighted by atomic mass is 9.71. The van der Waals surface area contributed by atoms with Crippen molar-refractivity contribution in [3.05, 3.63) is 0 Å². The molecule has 3 unspecified atom stereocenters. The number of nitrogens with one attached hydrogen (secondary N) is 1. The van der Waals surface area contributed by atoms with Gasteiger partial charge in [-0.1, -0.05) is 34.6 Å². The molecule has 3 atom stereocenters. The van der Waals surface area contributed by atoms with Gasteiger partial charge in [0, 0.05) is 13.7 Å². The van der Waals surface area contributed by atoms with Crippen LogP contribution in [0.2, 0.25) is 0 Å². The molecule has 3 heteroatoms. The van der Waals surface area contributed by atoms with E-state index in [1.54, 1.807) is 7.11 Å². The molecule has 0 amide bonds. The van der Waals surface area contributed by atoms with E-state index < -0.39 is 0 Å². The predicted octanol–water partition coefficient (Wildman–Crippen LogP) is 3.48. The zero-order valence-corrected chi connectivity index (χ0v) is 14.4. The molecule has 1 saturated carbocycles. The molecule has 0 aromatic rings. The Balaban J connectivity index is 2.43. The van der Waals surface area contributed by atoms with Gasteiger partial charge in [-0.15, -0.1) is 0 Å². The fraction of sp³-hybridized carbons (Fsp3) is 1.00. The van der Waals surface area contributed by atoms with Crippen LogP contribution in [0.3, 0.4) is 0 Å². The zero-order valence-electron chi connectivity index (χ0n) is 14.4. The van der Waals surface area contributed by atoms with Gasteiger partial charge in [0.1, 0.15) is 0 Å². The van der Waals surface area contributed by atoms with E-state index in [9.17, 15) is 0 Å². The molecule has 120 valence electrons. The van der Waals surface area contributed by atoms with Crippen LogP contribution in [0.5, 0.6) is 0 Å². The van der Waals surface area contributed by atoms with E-state index >= 15 is 0 Å². The molecule has 0 aliphatic heterocycles. The summed E-state index contributed by atoms with van der Waals surface area (Å²) in [5.74, 6) is 1.43. The minimum Gasteiger partial charge on any atom is -0.382 e. The van der Waals surface area contributed by atoms with Gasteiger partial charge in [-0.25, -0.2) is 0 Å². The van der Waals surface area contributed by atoms with Crippen LogP contribution in [0.15, 0.2) is 0 Å². The number of rotatable bonds is 8. The largest absolute Gasteiger partial charge is 0.382 e. The van der Waals surface area contributed by atoms with Crippen LogP contribution < -0.4 is 5.32 Å². The number of hydrogen-bond donors (Lipinski definition) is 1. The van der Waals surface area contributed by atoms with E-state index in [1.165, 1.54) is 19.3 Å². The normalized spacial score (nSPS) is 27.8. The Labute approximate surface area is 125 Å². The van der Waals surface area contributed by atoms with Crippen molar-refractivity contribution in [2.24, 2.45) is 17.3 Å². The molecular weight excluding hydrogens is 250 g/mol. The summed E-state index contributed by atoms with van der Waals surface area (Å²) < 4.78 is 11.6. The smallest absolute Gasteiger partial charge is 0.0936 e. The highest BCUT2D eigenvalue weighted by atomic mass is 16.5. The molecule has 1 rings (SSSR count). The van der Waals surface area contributed by atoms with Crippen molar-refractivity contribution in [2.75, 3.05) is 26.8 Å². The molecule has 1 aliphatic carbocycles. The van der Waals surface area contributed by atoms with E-state index in [2.05, 4.69) is 39.9 Å². The van der Waals surface area contributed by atoms with Crippen LogP contribution >= 0.6 is 0 Å². The minimum absolute atomic E-state index is 0.171. The van der Waals surface area contributed by atoms with Crippen molar-refractivity contribution in [1.82, 2.24) is 5.32 Å². The molecule has 1 fully saturated rings. The molecule has 0 heterocycles. The second-order valence-electron chi connectivity index (χ2n) is 7.80. The SMILES string of the molecule is COCC(CNCC(C)C)OC1CC(C)CC(C)(C)C1. The van der Waals surface area contributed by atoms with Crippen molar-refractivity contribution in [1.29, 1.82) is 0 Å². The summed E-state index contributed by atoms with van der Waals surface area (Å²) in [5, 5.41) is 3.49. The maximum atomic E-state index is 6.33. The molecule has 20 heavy (non-hydrogen) atoms. The van der Waals surface area contributed by atoms with E-state index in [1.807, 2.05) is 0 Å². The van der Waals surface area contributed by atoms with E-state index in [0.717, 1.165) is 19.0 Å². The average molecular weight is 285 g/mol. The summed E-state index contributed by atoms with van der Waals surface area (Å²) in [4.78, 5) is 0. The summed E-state index contributed by atoms with van der Waals surface area (Å²) in [6, 6.07) is 0. The van der Waals surface area contributed by atoms with Gasteiger partial charge < -0.3 is 14.8 Å². The first-order valence-corrected chi connectivity index (χ1v) is 8.17. The minimum atomic E-state index is 0.171. The first-order chi connectivity index (χ1) is 9.32. The van der Waals surface area contributed by atoms with Crippen molar-refractivity contribution in [2.45, 2.75) is 66.1 Å². The monoisotopic (exact) mass is 285 g/mol. The first kappa shape index (κ1) is 17.9. The van der Waals surface area contributed by atoms with Crippen LogP contribution in [-0.4, -0.2) is 39.0 Å². The maximum absolute atomic E-state index is 6.33. The van der Waals surface area contributed by atoms with Crippen molar-refractivity contribution < 1.29 is 9.47 Å².